The van der Waals surface area contributed by atoms with E-state index in [1.807, 2.05) is 42.1 Å². The second kappa shape index (κ2) is 7.25. The molecule has 1 fully saturated rings. The number of rotatable bonds is 5. The zero-order valence-corrected chi connectivity index (χ0v) is 14.6. The van der Waals surface area contributed by atoms with E-state index in [9.17, 15) is 9.90 Å². The van der Waals surface area contributed by atoms with Crippen LogP contribution in [-0.4, -0.2) is 52.2 Å². The third-order valence-electron chi connectivity index (χ3n) is 4.66. The molecule has 134 valence electrons. The molecule has 1 aromatic carbocycles. The van der Waals surface area contributed by atoms with Crippen molar-refractivity contribution in [1.29, 1.82) is 0 Å². The average Bonchev–Trinajstić information content (AvgIpc) is 3.05. The number of aryl methyl sites for hydroxylation is 1. The largest absolute Gasteiger partial charge is 0.497 e. The van der Waals surface area contributed by atoms with Crippen molar-refractivity contribution >= 4 is 11.6 Å². The average molecular weight is 344 g/mol. The number of methoxy groups -OCH3 is 1. The molecule has 0 unspecified atom stereocenters. The van der Waals surface area contributed by atoms with Gasteiger partial charge >= 0.3 is 0 Å². The van der Waals surface area contributed by atoms with E-state index in [1.165, 1.54) is 0 Å². The maximum atomic E-state index is 12.2. The van der Waals surface area contributed by atoms with Gasteiger partial charge in [0.2, 0.25) is 5.91 Å². The van der Waals surface area contributed by atoms with E-state index in [2.05, 4.69) is 15.2 Å². The minimum atomic E-state index is -0.915. The molecule has 7 nitrogen and oxygen atoms in total. The number of aromatic nitrogens is 2. The van der Waals surface area contributed by atoms with Crippen LogP contribution in [-0.2, 0) is 17.4 Å². The van der Waals surface area contributed by atoms with E-state index in [0.29, 0.717) is 38.3 Å². The topological polar surface area (TPSA) is 79.6 Å². The summed E-state index contributed by atoms with van der Waals surface area (Å²) in [5, 5.41) is 13.7. The first-order valence-corrected chi connectivity index (χ1v) is 8.36. The molecule has 3 rings (SSSR count). The van der Waals surface area contributed by atoms with Crippen LogP contribution in [0.5, 0.6) is 5.75 Å². The third-order valence-corrected chi connectivity index (χ3v) is 4.66. The van der Waals surface area contributed by atoms with E-state index in [1.54, 1.807) is 13.3 Å². The monoisotopic (exact) mass is 344 g/mol. The Labute approximate surface area is 147 Å². The summed E-state index contributed by atoms with van der Waals surface area (Å²) in [5.41, 5.74) is -0.173. The molecule has 2 heterocycles. The molecule has 0 radical (unpaired) electrons. The smallest absolute Gasteiger partial charge is 0.238 e. The lowest BCUT2D eigenvalue weighted by Gasteiger charge is -2.37. The highest BCUT2D eigenvalue weighted by molar-refractivity contribution is 5.92. The van der Waals surface area contributed by atoms with Crippen molar-refractivity contribution in [2.24, 2.45) is 7.05 Å². The van der Waals surface area contributed by atoms with Crippen LogP contribution < -0.4 is 10.1 Å². The Balaban J connectivity index is 1.51. The highest BCUT2D eigenvalue weighted by Gasteiger charge is 2.37. The van der Waals surface area contributed by atoms with Gasteiger partial charge in [0.1, 0.15) is 17.2 Å². The summed E-state index contributed by atoms with van der Waals surface area (Å²) in [6.07, 6.45) is 4.66. The number of ether oxygens (including phenoxy) is 1. The number of carbonyl (C=O) groups is 1. The maximum Gasteiger partial charge on any atom is 0.238 e. The summed E-state index contributed by atoms with van der Waals surface area (Å²) in [6, 6.07) is 7.24. The molecule has 0 saturated carbocycles. The van der Waals surface area contributed by atoms with E-state index in [4.69, 9.17) is 4.74 Å². The molecule has 0 aliphatic carbocycles. The molecule has 2 N–H and O–H groups in total. The summed E-state index contributed by atoms with van der Waals surface area (Å²) in [7, 11) is 3.49. The molecule has 1 saturated heterocycles. The molecule has 0 atom stereocenters. The fraction of sp³-hybridized carbons (Fsp3) is 0.444. The summed E-state index contributed by atoms with van der Waals surface area (Å²) in [5.74, 6) is 1.38. The zero-order chi connectivity index (χ0) is 17.9. The van der Waals surface area contributed by atoms with Gasteiger partial charge < -0.3 is 19.7 Å². The van der Waals surface area contributed by atoms with Crippen molar-refractivity contribution < 1.29 is 14.6 Å². The Morgan fingerprint density at radius 2 is 2.00 bits per heavy atom. The Morgan fingerprint density at radius 1 is 1.32 bits per heavy atom. The Kier molecular flexibility index (Phi) is 5.06. The highest BCUT2D eigenvalue weighted by Crippen LogP contribution is 2.31. The van der Waals surface area contributed by atoms with E-state index in [0.717, 1.165) is 11.4 Å². The number of benzene rings is 1. The lowest BCUT2D eigenvalue weighted by Crippen LogP contribution is -2.46. The second-order valence-corrected chi connectivity index (χ2v) is 6.45. The number of hydrogen-bond acceptors (Lipinski definition) is 5. The van der Waals surface area contributed by atoms with Gasteiger partial charge in [0, 0.05) is 38.2 Å². The van der Waals surface area contributed by atoms with Gasteiger partial charge in [-0.05, 0) is 37.1 Å². The SMILES string of the molecule is COc1ccc(NC(=O)CN2CCC(O)(c3nccn3C)CC2)cc1. The molecule has 0 bridgehead atoms. The third kappa shape index (κ3) is 4.00. The number of carbonyl (C=O) groups excluding carboxylic acids is 1. The predicted molar refractivity (Wildman–Crippen MR) is 94.4 cm³/mol. The molecule has 2 aromatic rings. The van der Waals surface area contributed by atoms with Gasteiger partial charge in [-0.25, -0.2) is 4.98 Å². The standard InChI is InChI=1S/C18H24N4O3/c1-21-12-9-19-17(21)18(24)7-10-22(11-8-18)13-16(23)20-14-3-5-15(25-2)6-4-14/h3-6,9,12,24H,7-8,10-11,13H2,1-2H3,(H,20,23). The summed E-state index contributed by atoms with van der Waals surface area (Å²) in [6.45, 7) is 1.61. The van der Waals surface area contributed by atoms with Crippen LogP contribution in [0.25, 0.3) is 0 Å². The first-order chi connectivity index (χ1) is 12.0. The molecular formula is C18H24N4O3. The molecule has 1 aromatic heterocycles. The normalized spacial score (nSPS) is 17.2. The Hall–Kier alpha value is -2.38. The van der Waals surface area contributed by atoms with Gasteiger partial charge in [-0.1, -0.05) is 0 Å². The summed E-state index contributed by atoms with van der Waals surface area (Å²) in [4.78, 5) is 18.5. The molecule has 25 heavy (non-hydrogen) atoms. The number of nitrogens with zero attached hydrogens (tertiary/aromatic N) is 3. The number of hydrogen-bond donors (Lipinski definition) is 2. The summed E-state index contributed by atoms with van der Waals surface area (Å²) >= 11 is 0. The minimum absolute atomic E-state index is 0.0624. The number of imidazole rings is 1. The van der Waals surface area contributed by atoms with Gasteiger partial charge in [0.05, 0.1) is 13.7 Å². The highest BCUT2D eigenvalue weighted by atomic mass is 16.5. The van der Waals surface area contributed by atoms with Gasteiger partial charge in [-0.3, -0.25) is 9.69 Å². The number of piperidine rings is 1. The fourth-order valence-electron chi connectivity index (χ4n) is 3.20. The summed E-state index contributed by atoms with van der Waals surface area (Å²) < 4.78 is 6.96. The second-order valence-electron chi connectivity index (χ2n) is 6.45. The van der Waals surface area contributed by atoms with E-state index in [-0.39, 0.29) is 5.91 Å². The number of anilines is 1. The first kappa shape index (κ1) is 17.4. The van der Waals surface area contributed by atoms with Crippen LogP contribution in [0.3, 0.4) is 0 Å². The molecule has 1 aliphatic heterocycles. The van der Waals surface area contributed by atoms with Crippen LogP contribution >= 0.6 is 0 Å². The molecule has 0 spiro atoms. The van der Waals surface area contributed by atoms with Gasteiger partial charge in [0.15, 0.2) is 0 Å². The number of amides is 1. The minimum Gasteiger partial charge on any atom is -0.497 e. The molecule has 7 heteroatoms. The lowest BCUT2D eigenvalue weighted by molar-refractivity contribution is -0.118. The van der Waals surface area contributed by atoms with Crippen LogP contribution in [0.2, 0.25) is 0 Å². The van der Waals surface area contributed by atoms with Crippen LogP contribution in [0, 0.1) is 0 Å². The first-order valence-electron chi connectivity index (χ1n) is 8.36. The fourth-order valence-corrected chi connectivity index (χ4v) is 3.20. The quantitative estimate of drug-likeness (QED) is 0.856. The maximum absolute atomic E-state index is 12.2. The van der Waals surface area contributed by atoms with Crippen molar-refractivity contribution in [1.82, 2.24) is 14.5 Å². The van der Waals surface area contributed by atoms with Crippen molar-refractivity contribution in [3.63, 3.8) is 0 Å². The molecule has 1 aliphatic rings. The van der Waals surface area contributed by atoms with Crippen LogP contribution in [0.4, 0.5) is 5.69 Å². The number of nitrogens with one attached hydrogen (secondary N) is 1. The zero-order valence-electron chi connectivity index (χ0n) is 14.6. The van der Waals surface area contributed by atoms with Crippen molar-refractivity contribution in [2.75, 3.05) is 32.1 Å². The van der Waals surface area contributed by atoms with Crippen LogP contribution in [0.15, 0.2) is 36.7 Å². The van der Waals surface area contributed by atoms with Crippen molar-refractivity contribution in [2.45, 2.75) is 18.4 Å². The Bertz CT molecular complexity index is 718. The lowest BCUT2D eigenvalue weighted by atomic mass is 9.90. The van der Waals surface area contributed by atoms with Gasteiger partial charge in [0.25, 0.3) is 0 Å². The predicted octanol–water partition coefficient (Wildman–Crippen LogP) is 1.35. The van der Waals surface area contributed by atoms with Gasteiger partial charge in [-0.15, -0.1) is 0 Å². The van der Waals surface area contributed by atoms with E-state index < -0.39 is 5.60 Å². The van der Waals surface area contributed by atoms with E-state index >= 15 is 0 Å². The van der Waals surface area contributed by atoms with Gasteiger partial charge in [-0.2, -0.15) is 0 Å². The number of likely N-dealkylation sites (tertiary alicyclic amines) is 1. The molecule has 1 amide bonds. The van der Waals surface area contributed by atoms with Crippen molar-refractivity contribution in [3.05, 3.63) is 42.5 Å². The molecular weight excluding hydrogens is 320 g/mol. The number of aliphatic hydroxyl groups is 1. The van der Waals surface area contributed by atoms with Crippen molar-refractivity contribution in [3.8, 4) is 5.75 Å². The Morgan fingerprint density at radius 3 is 2.56 bits per heavy atom. The van der Waals surface area contributed by atoms with Crippen LogP contribution in [0.1, 0.15) is 18.7 Å².